The third kappa shape index (κ3) is 3.66. The van der Waals surface area contributed by atoms with E-state index < -0.39 is 0 Å². The Bertz CT molecular complexity index is 365. The fourth-order valence-electron chi connectivity index (χ4n) is 1.45. The Morgan fingerprint density at radius 1 is 1.71 bits per heavy atom. The van der Waals surface area contributed by atoms with E-state index in [1.54, 1.807) is 5.01 Å². The summed E-state index contributed by atoms with van der Waals surface area (Å²) < 4.78 is 0. The highest BCUT2D eigenvalue weighted by molar-refractivity contribution is 5.97. The average Bonchev–Trinajstić information content (AvgIpc) is 2.35. The SMILES string of the molecule is C=C(C)N=C(C(C)C=N)N1C=CC(CC)C=N1. The van der Waals surface area contributed by atoms with Crippen LogP contribution in [-0.2, 0) is 0 Å². The van der Waals surface area contributed by atoms with Gasteiger partial charge in [-0.05, 0) is 13.3 Å². The summed E-state index contributed by atoms with van der Waals surface area (Å²) in [6.45, 7) is 9.65. The first-order valence-corrected chi connectivity index (χ1v) is 5.84. The van der Waals surface area contributed by atoms with E-state index in [9.17, 15) is 0 Å². The molecule has 0 saturated carbocycles. The topological polar surface area (TPSA) is 51.8 Å². The van der Waals surface area contributed by atoms with E-state index in [4.69, 9.17) is 5.41 Å². The van der Waals surface area contributed by atoms with Gasteiger partial charge in [0.1, 0.15) is 5.84 Å². The van der Waals surface area contributed by atoms with Crippen LogP contribution in [0, 0.1) is 17.2 Å². The van der Waals surface area contributed by atoms with Crippen molar-refractivity contribution in [3.63, 3.8) is 0 Å². The molecule has 0 bridgehead atoms. The molecule has 0 saturated heterocycles. The first-order chi connectivity index (χ1) is 8.08. The molecule has 1 N–H and O–H groups in total. The molecule has 0 aromatic rings. The van der Waals surface area contributed by atoms with Gasteiger partial charge < -0.3 is 5.41 Å². The number of nitrogens with zero attached hydrogens (tertiary/aromatic N) is 3. The lowest BCUT2D eigenvalue weighted by Crippen LogP contribution is -2.30. The van der Waals surface area contributed by atoms with Gasteiger partial charge in [-0.25, -0.2) is 10.0 Å². The molecule has 0 aromatic heterocycles. The highest BCUT2D eigenvalue weighted by atomic mass is 15.5. The molecule has 0 radical (unpaired) electrons. The number of aliphatic imine (C=N–C) groups is 1. The number of amidine groups is 1. The lowest BCUT2D eigenvalue weighted by atomic mass is 10.1. The molecule has 17 heavy (non-hydrogen) atoms. The van der Waals surface area contributed by atoms with Gasteiger partial charge in [-0.2, -0.15) is 5.10 Å². The largest absolute Gasteiger partial charge is 0.312 e. The van der Waals surface area contributed by atoms with Crippen LogP contribution in [0.2, 0.25) is 0 Å². The third-order valence-corrected chi connectivity index (χ3v) is 2.53. The summed E-state index contributed by atoms with van der Waals surface area (Å²) in [4.78, 5) is 4.35. The maximum Gasteiger partial charge on any atom is 0.138 e. The van der Waals surface area contributed by atoms with E-state index in [0.29, 0.717) is 5.92 Å². The third-order valence-electron chi connectivity index (χ3n) is 2.53. The maximum absolute atomic E-state index is 7.34. The molecule has 0 spiro atoms. The fourth-order valence-corrected chi connectivity index (χ4v) is 1.45. The van der Waals surface area contributed by atoms with Crippen LogP contribution in [0.5, 0.6) is 0 Å². The minimum absolute atomic E-state index is 0.0772. The smallest absolute Gasteiger partial charge is 0.138 e. The molecule has 4 nitrogen and oxygen atoms in total. The molecule has 2 unspecified atom stereocenters. The second kappa shape index (κ2) is 6.13. The van der Waals surface area contributed by atoms with Gasteiger partial charge in [-0.3, -0.25) is 0 Å². The standard InChI is InChI=1S/C13H20N4/c1-5-12-6-7-17(15-9-12)13(11(4)8-14)16-10(2)3/h6-9,11-12,14H,2,5H2,1,3-4H3. The van der Waals surface area contributed by atoms with Crippen molar-refractivity contribution in [2.45, 2.75) is 27.2 Å². The predicted molar refractivity (Wildman–Crippen MR) is 73.4 cm³/mol. The molecule has 0 fully saturated rings. The van der Waals surface area contributed by atoms with Crippen LogP contribution < -0.4 is 0 Å². The molecular formula is C13H20N4. The molecule has 1 aliphatic rings. The summed E-state index contributed by atoms with van der Waals surface area (Å²) in [5, 5.41) is 13.4. The van der Waals surface area contributed by atoms with E-state index in [-0.39, 0.29) is 5.92 Å². The zero-order chi connectivity index (χ0) is 12.8. The number of allylic oxidation sites excluding steroid dienone is 2. The lowest BCUT2D eigenvalue weighted by molar-refractivity contribution is 0.552. The Morgan fingerprint density at radius 3 is 2.82 bits per heavy atom. The Balaban J connectivity index is 2.91. The Kier molecular flexibility index (Phi) is 4.82. The van der Waals surface area contributed by atoms with Crippen molar-refractivity contribution < 1.29 is 0 Å². The summed E-state index contributed by atoms with van der Waals surface area (Å²) in [7, 11) is 0. The molecule has 0 aromatic carbocycles. The molecule has 2 atom stereocenters. The van der Waals surface area contributed by atoms with E-state index in [0.717, 1.165) is 18.0 Å². The number of hydrazone groups is 1. The molecule has 0 aliphatic carbocycles. The second-order valence-corrected chi connectivity index (χ2v) is 4.18. The van der Waals surface area contributed by atoms with Crippen LogP contribution in [0.4, 0.5) is 0 Å². The van der Waals surface area contributed by atoms with Crippen LogP contribution in [0.25, 0.3) is 0 Å². The quantitative estimate of drug-likeness (QED) is 0.588. The highest BCUT2D eigenvalue weighted by Gasteiger charge is 2.17. The van der Waals surface area contributed by atoms with Crippen LogP contribution in [-0.4, -0.2) is 23.3 Å². The van der Waals surface area contributed by atoms with Crippen LogP contribution in [0.15, 0.2) is 34.6 Å². The van der Waals surface area contributed by atoms with Crippen LogP contribution >= 0.6 is 0 Å². The zero-order valence-electron chi connectivity index (χ0n) is 10.7. The van der Waals surface area contributed by atoms with Crippen molar-refractivity contribution in [2.24, 2.45) is 21.9 Å². The molecule has 1 rings (SSSR count). The van der Waals surface area contributed by atoms with Crippen molar-refractivity contribution in [2.75, 3.05) is 0 Å². The number of nitrogens with one attached hydrogen (secondary N) is 1. The van der Waals surface area contributed by atoms with Gasteiger partial charge in [0.05, 0.1) is 5.92 Å². The van der Waals surface area contributed by atoms with Gasteiger partial charge in [0.2, 0.25) is 0 Å². The maximum atomic E-state index is 7.34. The van der Waals surface area contributed by atoms with Gasteiger partial charge in [0, 0.05) is 30.2 Å². The summed E-state index contributed by atoms with van der Waals surface area (Å²) in [5.41, 5.74) is 0.718. The summed E-state index contributed by atoms with van der Waals surface area (Å²) >= 11 is 0. The Labute approximate surface area is 103 Å². The first kappa shape index (κ1) is 13.4. The molecule has 92 valence electrons. The number of rotatable bonds is 4. The van der Waals surface area contributed by atoms with Crippen LogP contribution in [0.3, 0.4) is 0 Å². The number of hydrogen-bond donors (Lipinski definition) is 1. The van der Waals surface area contributed by atoms with Gasteiger partial charge in [-0.1, -0.05) is 26.5 Å². The zero-order valence-corrected chi connectivity index (χ0v) is 10.7. The normalized spacial score (nSPS) is 21.5. The number of hydrogen-bond acceptors (Lipinski definition) is 3. The van der Waals surface area contributed by atoms with Crippen molar-refractivity contribution in [1.29, 1.82) is 5.41 Å². The monoisotopic (exact) mass is 232 g/mol. The summed E-state index contributed by atoms with van der Waals surface area (Å²) in [6.07, 6.45) is 8.32. The van der Waals surface area contributed by atoms with Gasteiger partial charge in [0.25, 0.3) is 0 Å². The fraction of sp³-hybridized carbons (Fsp3) is 0.462. The van der Waals surface area contributed by atoms with Crippen molar-refractivity contribution >= 4 is 18.3 Å². The average molecular weight is 232 g/mol. The van der Waals surface area contributed by atoms with Crippen molar-refractivity contribution in [1.82, 2.24) is 5.01 Å². The van der Waals surface area contributed by atoms with E-state index in [1.807, 2.05) is 26.3 Å². The molecule has 1 heterocycles. The summed E-state index contributed by atoms with van der Waals surface area (Å²) in [6, 6.07) is 0. The minimum atomic E-state index is -0.0772. The van der Waals surface area contributed by atoms with Gasteiger partial charge in [0.15, 0.2) is 0 Å². The van der Waals surface area contributed by atoms with E-state index in [1.165, 1.54) is 6.21 Å². The summed E-state index contributed by atoms with van der Waals surface area (Å²) in [5.74, 6) is 1.05. The van der Waals surface area contributed by atoms with Gasteiger partial charge in [-0.15, -0.1) is 0 Å². The van der Waals surface area contributed by atoms with E-state index >= 15 is 0 Å². The Hall–Kier alpha value is -1.71. The molecule has 0 amide bonds. The molecular weight excluding hydrogens is 212 g/mol. The Morgan fingerprint density at radius 2 is 2.41 bits per heavy atom. The van der Waals surface area contributed by atoms with Crippen molar-refractivity contribution in [3.8, 4) is 0 Å². The molecule has 4 heteroatoms. The minimum Gasteiger partial charge on any atom is -0.312 e. The highest BCUT2D eigenvalue weighted by Crippen LogP contribution is 2.13. The van der Waals surface area contributed by atoms with Crippen molar-refractivity contribution in [3.05, 3.63) is 24.6 Å². The molecule has 1 aliphatic heterocycles. The van der Waals surface area contributed by atoms with E-state index in [2.05, 4.69) is 29.7 Å². The van der Waals surface area contributed by atoms with Gasteiger partial charge >= 0.3 is 0 Å². The predicted octanol–water partition coefficient (Wildman–Crippen LogP) is 3.05. The first-order valence-electron chi connectivity index (χ1n) is 5.84. The lowest BCUT2D eigenvalue weighted by Gasteiger charge is -2.23. The van der Waals surface area contributed by atoms with Crippen LogP contribution in [0.1, 0.15) is 27.2 Å². The second-order valence-electron chi connectivity index (χ2n) is 4.18.